The molecule has 0 aromatic rings. The van der Waals surface area contributed by atoms with E-state index in [1.54, 1.807) is 20.8 Å². The zero-order valence-corrected chi connectivity index (χ0v) is 70.4. The van der Waals surface area contributed by atoms with Crippen LogP contribution in [-0.2, 0) is 110 Å². The minimum atomic E-state index is -1.08. The van der Waals surface area contributed by atoms with Gasteiger partial charge in [-0.25, -0.2) is 19.2 Å². The molecule has 7 heterocycles. The zero-order valence-electron chi connectivity index (χ0n) is 70.4. The Balaban J connectivity index is 0.000000276. The maximum absolute atomic E-state index is 12.4. The Kier molecular flexibility index (Phi) is 38.4. The molecule has 7 saturated heterocycles. The fourth-order valence-electron chi connectivity index (χ4n) is 15.0. The van der Waals surface area contributed by atoms with Gasteiger partial charge in [-0.15, -0.1) is 20.3 Å². The number of allylic oxidation sites excluding steroid dienone is 1. The second kappa shape index (κ2) is 45.9. The fraction of sp³-hybridized carbons (Fsp3) is 0.738. The molecule has 16 atom stereocenters. The largest absolute Gasteiger partial charge is 0.354 e. The molecule has 1 saturated carbocycles. The van der Waals surface area contributed by atoms with Gasteiger partial charge in [0.2, 0.25) is 35.4 Å². The standard InChI is InChI=1S/C20H32N4O5.3C20H31N3O6/c1-12-7-6-8-13(2)23(12)11-17(25)21-15(4)19(27)22-16(5)20(28)29-24-14(3)9-10-18(24)26;2*1-12(20(28)29-23-18(26)8-9-19(23)27)10-16(24)15(4)21-17(25)11-22-13(2)6-5-7-14(22)3;1-11-6-5-7-12(2)15(11)10-16(24)21-13(3)19(27)22-14(4)20(28)29-23-17(25)8-9-18(23)26/h12-13,15-16H,3,6-11H2,1-2,4-5H3,(H,21,25)(H,22,27);2*12-15H,5-11H2,1-4H3,(H,21,25);11-15H,5-10H2,1-4H3,(H,21,24)(H,22,27)/i21+1,22+1,23+1;17+1,20+1,21+1;16+1,17+1,20+1;16+1,21+1,22+1. The Bertz CT molecular complexity index is 3070. The van der Waals surface area contributed by atoms with E-state index in [2.05, 4.69) is 109 Å². The van der Waals surface area contributed by atoms with Crippen molar-refractivity contribution in [2.75, 3.05) is 19.6 Å². The van der Waals surface area contributed by atoms with Gasteiger partial charge in [-0.2, -0.15) is 0 Å². The molecule has 0 radical (unpaired) electrons. The van der Waals surface area contributed by atoms with Crippen LogP contribution in [0.4, 0.5) is 0 Å². The first kappa shape index (κ1) is 97.1. The van der Waals surface area contributed by atoms with Crippen LogP contribution in [0.25, 0.3) is 0 Å². The summed E-state index contributed by atoms with van der Waals surface area (Å²) in [5, 5.41) is 17.9. The normalized spacial score (nSPS) is 25.3. The molecule has 13 amide bonds. The molecule has 6 N–H and O–H groups in total. The predicted molar refractivity (Wildman–Crippen MR) is 415 cm³/mol. The topological polar surface area (TPSA) is 456 Å². The van der Waals surface area contributed by atoms with Crippen molar-refractivity contribution in [1.29, 1.82) is 0 Å². The molecule has 116 heavy (non-hydrogen) atoms. The number of rotatable bonds is 30. The average Bonchev–Trinajstić information content (AvgIpc) is 1.69. The summed E-state index contributed by atoms with van der Waals surface area (Å²) in [4.78, 5) is 254. The highest BCUT2D eigenvalue weighted by Gasteiger charge is 2.41. The molecule has 16 unspecified atom stereocenters. The fourth-order valence-corrected chi connectivity index (χ4v) is 15.0. The first-order chi connectivity index (χ1) is 54.4. The minimum absolute atomic E-state index is 0.00581. The van der Waals surface area contributed by atoms with Crippen LogP contribution >= 0.6 is 0 Å². The number of carbonyl (C=O) groups is 19. The highest BCUT2D eigenvalue weighted by atomic mass is 16.8. The number of hydroxylamine groups is 8. The van der Waals surface area contributed by atoms with Crippen molar-refractivity contribution in [2.45, 2.75) is 331 Å². The molecule has 8 fully saturated rings. The number of imide groups is 3. The Hall–Kier alpha value is -9.45. The maximum atomic E-state index is 12.4. The lowest BCUT2D eigenvalue weighted by Gasteiger charge is -2.38. The number of piperidine rings is 3. The van der Waals surface area contributed by atoms with Gasteiger partial charge in [0.1, 0.15) is 24.2 Å². The molecule has 8 aliphatic rings. The number of ketones is 2. The summed E-state index contributed by atoms with van der Waals surface area (Å²) in [6.07, 6.45) is 13.9. The number of Topliss-reactive ketones (excluding diaryl/α,β-unsaturated/α-hetero) is 2. The zero-order chi connectivity index (χ0) is 86.9. The smallest absolute Gasteiger partial charge is 0.345 e. The molecule has 36 heteroatoms. The molecule has 0 spiro atoms. The summed E-state index contributed by atoms with van der Waals surface area (Å²) in [7, 11) is 0. The predicted octanol–water partition coefficient (Wildman–Crippen LogP) is 3.83. The molecule has 0 bridgehead atoms. The Morgan fingerprint density at radius 2 is 0.578 bits per heavy atom. The number of nitrogens with zero attached hydrogens (tertiary/aromatic N) is 7. The molecule has 0 aromatic carbocycles. The Labute approximate surface area is 679 Å². The summed E-state index contributed by atoms with van der Waals surface area (Å²) in [5.74, 6) is -10.1. The second-order valence-electron chi connectivity index (χ2n) is 32.6. The number of nitrogens with one attached hydrogen (secondary N) is 6. The monoisotopic (exact) mass is 1650 g/mol. The molecular formula is C80H125N13O23. The van der Waals surface area contributed by atoms with Crippen LogP contribution in [0.3, 0.4) is 0 Å². The SMILES string of the molecule is C=C1CCC(=O)N1OC(=O)C(C)[15NH]C(=O)C(C)[15NH]C(=O)C[15N]1C(C)CCCC1C.CC(N[13C](=O)CN1C(C)CCCC1C)[13C](=O)CC(C)[13C](=O)ON1C(=O)CCC1=O.CC([15NH][13C](=O)CC1C(C)CCCC1C)C(=O)[15NH]C(C)C(=O)ON1C(=O)CCC1=O.CC([15NH][13C](=O)CN1C(C)CCCC1C)C(=O)CC(C)[13C](=O)ON1C(=O)CCC1=O. The summed E-state index contributed by atoms with van der Waals surface area (Å²) >= 11 is 0. The third kappa shape index (κ3) is 29.6. The lowest BCUT2D eigenvalue weighted by Crippen LogP contribution is -2.54. The first-order valence-corrected chi connectivity index (χ1v) is 41.0. The van der Waals surface area contributed by atoms with Crippen molar-refractivity contribution >= 4 is 112 Å². The van der Waals surface area contributed by atoms with Gasteiger partial charge < -0.3 is 51.3 Å². The lowest BCUT2D eigenvalue weighted by atomic mass is 9.73. The maximum Gasteiger partial charge on any atom is 0.354 e. The number of likely N-dealkylation sites (tertiary alicyclic amines) is 3. The van der Waals surface area contributed by atoms with Crippen LogP contribution < -0.4 is 31.9 Å². The van der Waals surface area contributed by atoms with Crippen molar-refractivity contribution < 1.29 is 110 Å². The third-order valence-electron chi connectivity index (χ3n) is 22.7. The van der Waals surface area contributed by atoms with Crippen molar-refractivity contribution in [3.05, 3.63) is 12.3 Å². The van der Waals surface area contributed by atoms with Crippen molar-refractivity contribution in [3.63, 3.8) is 0 Å². The molecule has 8 rings (SSSR count). The van der Waals surface area contributed by atoms with Gasteiger partial charge in [0.25, 0.3) is 41.4 Å². The van der Waals surface area contributed by atoms with Gasteiger partial charge in [0.05, 0.1) is 49.3 Å². The lowest BCUT2D eigenvalue weighted by molar-refractivity contribution is -0.200. The minimum Gasteiger partial charge on any atom is -0.345 e. The van der Waals surface area contributed by atoms with E-state index in [1.807, 2.05) is 0 Å². The van der Waals surface area contributed by atoms with Crippen LogP contribution in [0.5, 0.6) is 0 Å². The summed E-state index contributed by atoms with van der Waals surface area (Å²) in [6, 6.07) is -3.26. The summed E-state index contributed by atoms with van der Waals surface area (Å²) < 4.78 is 0. The average molecular weight is 1650 g/mol. The van der Waals surface area contributed by atoms with E-state index in [-0.39, 0.29) is 119 Å². The van der Waals surface area contributed by atoms with Crippen molar-refractivity contribution in [1.82, 2.24) is 66.9 Å². The second-order valence-corrected chi connectivity index (χ2v) is 32.6. The Morgan fingerprint density at radius 3 is 0.871 bits per heavy atom. The van der Waals surface area contributed by atoms with Gasteiger partial charge in [0, 0.05) is 100 Å². The van der Waals surface area contributed by atoms with Crippen LogP contribution in [-0.4, -0.2) is 239 Å². The number of carbonyl (C=O) groups excluding carboxylic acids is 19. The molecule has 7 aliphatic heterocycles. The van der Waals surface area contributed by atoms with E-state index in [4.69, 9.17) is 19.4 Å². The molecule has 36 nitrogen and oxygen atoms in total. The highest BCUT2D eigenvalue weighted by molar-refractivity contribution is 6.04. The molecule has 0 aromatic heterocycles. The van der Waals surface area contributed by atoms with E-state index >= 15 is 0 Å². The van der Waals surface area contributed by atoms with E-state index in [0.29, 0.717) is 87.7 Å². The van der Waals surface area contributed by atoms with Crippen molar-refractivity contribution in [3.8, 4) is 0 Å². The van der Waals surface area contributed by atoms with Crippen LogP contribution in [0.15, 0.2) is 12.3 Å². The number of hydrogen-bond acceptors (Lipinski definition) is 26. The van der Waals surface area contributed by atoms with Crippen molar-refractivity contribution in [2.24, 2.45) is 29.6 Å². The van der Waals surface area contributed by atoms with E-state index in [1.165, 1.54) is 41.0 Å². The molecular weight excluding hydrogens is 1520 g/mol. The quantitative estimate of drug-likeness (QED) is 0.0338. The van der Waals surface area contributed by atoms with Gasteiger partial charge >= 0.3 is 23.9 Å². The van der Waals surface area contributed by atoms with E-state index in [9.17, 15) is 91.1 Å². The molecule has 648 valence electrons. The van der Waals surface area contributed by atoms with E-state index < -0.39 is 119 Å². The van der Waals surface area contributed by atoms with Gasteiger partial charge in [0.15, 0.2) is 11.6 Å². The van der Waals surface area contributed by atoms with E-state index in [0.717, 1.165) is 75.7 Å². The van der Waals surface area contributed by atoms with Gasteiger partial charge in [-0.1, -0.05) is 72.8 Å². The highest BCUT2D eigenvalue weighted by Crippen LogP contribution is 2.37. The van der Waals surface area contributed by atoms with Gasteiger partial charge in [-0.05, 0) is 146 Å². The van der Waals surface area contributed by atoms with Crippen LogP contribution in [0.2, 0.25) is 0 Å². The summed E-state index contributed by atoms with van der Waals surface area (Å²) in [6.45, 7) is 33.3. The third-order valence-corrected chi connectivity index (χ3v) is 22.7. The van der Waals surface area contributed by atoms with Gasteiger partial charge in [-0.3, -0.25) is 86.6 Å². The number of hydrogen-bond donors (Lipinski definition) is 6. The van der Waals surface area contributed by atoms with Crippen LogP contribution in [0.1, 0.15) is 258 Å². The number of amides is 13. The van der Waals surface area contributed by atoms with Crippen LogP contribution in [0, 0.1) is 29.6 Å². The molecule has 1 aliphatic carbocycles. The first-order valence-electron chi connectivity index (χ1n) is 41.0. The Morgan fingerprint density at radius 1 is 0.328 bits per heavy atom. The summed E-state index contributed by atoms with van der Waals surface area (Å²) in [5.41, 5.74) is 0.406.